The van der Waals surface area contributed by atoms with Crippen molar-refractivity contribution in [2.24, 2.45) is 0 Å². The summed E-state index contributed by atoms with van der Waals surface area (Å²) in [6.07, 6.45) is 5.39. The van der Waals surface area contributed by atoms with E-state index in [1.165, 1.54) is 0 Å². The van der Waals surface area contributed by atoms with Crippen molar-refractivity contribution in [3.8, 4) is 34.7 Å². The third kappa shape index (κ3) is 4.68. The highest BCUT2D eigenvalue weighted by Gasteiger charge is 2.27. The van der Waals surface area contributed by atoms with Crippen LogP contribution in [-0.2, 0) is 16.0 Å². The molecule has 0 bridgehead atoms. The summed E-state index contributed by atoms with van der Waals surface area (Å²) in [6, 6.07) is 12.9. The Morgan fingerprint density at radius 1 is 1.23 bits per heavy atom. The van der Waals surface area contributed by atoms with Crippen molar-refractivity contribution in [1.29, 1.82) is 5.26 Å². The second-order valence-corrected chi connectivity index (χ2v) is 8.94. The number of piperidine rings is 1. The highest BCUT2D eigenvalue weighted by atomic mass is 16.5. The molecule has 1 atom stereocenters. The van der Waals surface area contributed by atoms with Crippen molar-refractivity contribution in [1.82, 2.24) is 15.5 Å². The highest BCUT2D eigenvalue weighted by molar-refractivity contribution is 5.86. The summed E-state index contributed by atoms with van der Waals surface area (Å²) in [5.74, 6) is 1.60. The molecular weight excluding hydrogens is 444 g/mol. The lowest BCUT2D eigenvalue weighted by atomic mass is 10.0. The van der Waals surface area contributed by atoms with Crippen molar-refractivity contribution in [3.63, 3.8) is 0 Å². The number of aromatic nitrogens is 2. The van der Waals surface area contributed by atoms with Gasteiger partial charge in [0, 0.05) is 16.7 Å². The van der Waals surface area contributed by atoms with Crippen LogP contribution in [0.3, 0.4) is 0 Å². The number of carbonyl (C=O) groups excluding carboxylic acids is 1. The molecule has 5 rings (SSSR count). The average Bonchev–Trinajstić information content (AvgIpc) is 3.52. The molecule has 3 aromatic rings. The maximum Gasteiger partial charge on any atom is 0.328 e. The number of rotatable bonds is 6. The Kier molecular flexibility index (Phi) is 6.34. The van der Waals surface area contributed by atoms with E-state index in [0.717, 1.165) is 42.5 Å². The summed E-state index contributed by atoms with van der Waals surface area (Å²) in [4.78, 5) is 17.2. The van der Waals surface area contributed by atoms with Crippen LogP contribution in [0, 0.1) is 11.3 Å². The summed E-state index contributed by atoms with van der Waals surface area (Å²) in [7, 11) is 0. The van der Waals surface area contributed by atoms with Gasteiger partial charge >= 0.3 is 5.97 Å². The molecule has 8 nitrogen and oxygen atoms in total. The van der Waals surface area contributed by atoms with Gasteiger partial charge < -0.3 is 19.3 Å². The molecule has 0 radical (unpaired) electrons. The minimum Gasteiger partial charge on any atom is -0.490 e. The fourth-order valence-corrected chi connectivity index (χ4v) is 4.44. The van der Waals surface area contributed by atoms with E-state index in [-0.39, 0.29) is 18.1 Å². The molecule has 1 N–H and O–H groups in total. The van der Waals surface area contributed by atoms with Crippen LogP contribution < -0.4 is 10.1 Å². The van der Waals surface area contributed by atoms with Gasteiger partial charge in [0.2, 0.25) is 5.82 Å². The van der Waals surface area contributed by atoms with Gasteiger partial charge in [-0.1, -0.05) is 29.8 Å². The number of ether oxygens (including phenoxy) is 2. The number of nitrogens with one attached hydrogen (secondary N) is 1. The van der Waals surface area contributed by atoms with Crippen LogP contribution in [0.4, 0.5) is 0 Å². The predicted octanol–water partition coefficient (Wildman–Crippen LogP) is 4.64. The third-order valence-corrected chi connectivity index (χ3v) is 6.12. The number of hydrogen-bond acceptors (Lipinski definition) is 8. The van der Waals surface area contributed by atoms with Gasteiger partial charge in [-0.3, -0.25) is 0 Å². The first kappa shape index (κ1) is 22.8. The van der Waals surface area contributed by atoms with Crippen LogP contribution in [0.1, 0.15) is 49.8 Å². The zero-order valence-corrected chi connectivity index (χ0v) is 19.7. The van der Waals surface area contributed by atoms with Gasteiger partial charge in [-0.15, -0.1) is 0 Å². The van der Waals surface area contributed by atoms with E-state index >= 15 is 0 Å². The first-order valence-corrected chi connectivity index (χ1v) is 11.9. The van der Waals surface area contributed by atoms with Crippen LogP contribution in [0.5, 0.6) is 5.75 Å². The van der Waals surface area contributed by atoms with E-state index in [1.807, 2.05) is 38.1 Å². The second-order valence-electron chi connectivity index (χ2n) is 8.94. The first-order chi connectivity index (χ1) is 17.0. The number of carbonyl (C=O) groups is 1. The summed E-state index contributed by atoms with van der Waals surface area (Å²) in [5, 5.41) is 16.9. The van der Waals surface area contributed by atoms with Crippen LogP contribution in [0.25, 0.3) is 28.6 Å². The Labute approximate surface area is 203 Å². The monoisotopic (exact) mass is 470 g/mol. The van der Waals surface area contributed by atoms with Crippen LogP contribution in [0.15, 0.2) is 47.0 Å². The smallest absolute Gasteiger partial charge is 0.328 e. The molecule has 8 heteroatoms. The second kappa shape index (κ2) is 9.72. The predicted molar refractivity (Wildman–Crippen MR) is 129 cm³/mol. The Morgan fingerprint density at radius 2 is 2.09 bits per heavy atom. The quantitative estimate of drug-likeness (QED) is 0.519. The molecule has 2 aromatic carbocycles. The molecule has 1 saturated heterocycles. The van der Waals surface area contributed by atoms with E-state index in [4.69, 9.17) is 14.0 Å². The summed E-state index contributed by atoms with van der Waals surface area (Å²) in [5.41, 5.74) is 3.70. The molecule has 1 unspecified atom stereocenters. The fraction of sp³-hybridized carbons (Fsp3) is 0.333. The lowest BCUT2D eigenvalue weighted by Gasteiger charge is -2.22. The number of nitriles is 1. The standard InChI is InChI=1S/C27H26N4O4/c1-16(2)33-23-11-9-17(14-18(23)15-28)26-30-25(31-35-26)21-7-5-6-20-19(21)10-12-24(20)34-27(32)22-8-3-4-13-29-22/h5-7,9,11-12,14,16,22,29H,3-4,8,10,13H2,1-2H3. The number of fused-ring (bicyclic) bond motifs is 1. The minimum atomic E-state index is -0.257. The van der Waals surface area contributed by atoms with Crippen molar-refractivity contribution in [2.75, 3.05) is 6.54 Å². The van der Waals surface area contributed by atoms with E-state index in [9.17, 15) is 10.1 Å². The zero-order chi connectivity index (χ0) is 24.4. The molecule has 0 amide bonds. The third-order valence-electron chi connectivity index (χ3n) is 6.12. The van der Waals surface area contributed by atoms with Crippen LogP contribution in [0.2, 0.25) is 0 Å². The van der Waals surface area contributed by atoms with Gasteiger partial charge in [-0.2, -0.15) is 10.2 Å². The van der Waals surface area contributed by atoms with Crippen molar-refractivity contribution in [2.45, 2.75) is 51.7 Å². The molecule has 1 fully saturated rings. The molecule has 1 aliphatic carbocycles. The summed E-state index contributed by atoms with van der Waals surface area (Å²) < 4.78 is 17.0. The van der Waals surface area contributed by atoms with E-state index in [0.29, 0.717) is 40.8 Å². The summed E-state index contributed by atoms with van der Waals surface area (Å²) in [6.45, 7) is 4.65. The zero-order valence-electron chi connectivity index (χ0n) is 19.7. The van der Waals surface area contributed by atoms with E-state index in [1.54, 1.807) is 18.2 Å². The molecule has 1 aromatic heterocycles. The normalized spacial score (nSPS) is 17.0. The van der Waals surface area contributed by atoms with Gasteiger partial charge in [-0.25, -0.2) is 4.79 Å². The molecule has 2 heterocycles. The van der Waals surface area contributed by atoms with Gasteiger partial charge in [-0.05, 0) is 69.5 Å². The first-order valence-electron chi connectivity index (χ1n) is 11.9. The van der Waals surface area contributed by atoms with Crippen molar-refractivity contribution < 1.29 is 18.8 Å². The van der Waals surface area contributed by atoms with Gasteiger partial charge in [0.15, 0.2) is 0 Å². The Hall–Kier alpha value is -3.96. The Bertz CT molecular complexity index is 1330. The fourth-order valence-electron chi connectivity index (χ4n) is 4.44. The highest BCUT2D eigenvalue weighted by Crippen LogP contribution is 2.36. The molecule has 0 spiro atoms. The molecule has 35 heavy (non-hydrogen) atoms. The molecule has 0 saturated carbocycles. The lowest BCUT2D eigenvalue weighted by molar-refractivity contribution is -0.139. The number of benzene rings is 2. The molecule has 1 aliphatic heterocycles. The van der Waals surface area contributed by atoms with Gasteiger partial charge in [0.1, 0.15) is 23.6 Å². The molecule has 178 valence electrons. The Balaban J connectivity index is 1.37. The van der Waals surface area contributed by atoms with Gasteiger partial charge in [0.05, 0.1) is 11.7 Å². The lowest BCUT2D eigenvalue weighted by Crippen LogP contribution is -2.41. The van der Waals surface area contributed by atoms with E-state index < -0.39 is 0 Å². The van der Waals surface area contributed by atoms with Crippen LogP contribution in [-0.4, -0.2) is 34.8 Å². The number of allylic oxidation sites excluding steroid dienone is 1. The Morgan fingerprint density at radius 3 is 2.86 bits per heavy atom. The molecule has 2 aliphatic rings. The topological polar surface area (TPSA) is 110 Å². The summed E-state index contributed by atoms with van der Waals surface area (Å²) >= 11 is 0. The SMILES string of the molecule is CC(C)Oc1ccc(-c2nc(-c3cccc4c3CC=C4OC(=O)C3CCCCN3)no2)cc1C#N. The maximum atomic E-state index is 12.6. The van der Waals surface area contributed by atoms with Crippen molar-refractivity contribution >= 4 is 11.7 Å². The van der Waals surface area contributed by atoms with Gasteiger partial charge in [0.25, 0.3) is 5.89 Å². The van der Waals surface area contributed by atoms with E-state index in [2.05, 4.69) is 21.5 Å². The number of nitrogens with zero attached hydrogens (tertiary/aromatic N) is 3. The average molecular weight is 471 g/mol. The molecular formula is C27H26N4O4. The largest absolute Gasteiger partial charge is 0.490 e. The van der Waals surface area contributed by atoms with Crippen LogP contribution >= 0.6 is 0 Å². The number of esters is 1. The maximum absolute atomic E-state index is 12.6. The number of hydrogen-bond donors (Lipinski definition) is 1. The van der Waals surface area contributed by atoms with Crippen molar-refractivity contribution in [3.05, 3.63) is 59.2 Å². The minimum absolute atomic E-state index is 0.0418.